The maximum Gasteiger partial charge on any atom is 0.270 e. The summed E-state index contributed by atoms with van der Waals surface area (Å²) in [7, 11) is 0. The van der Waals surface area contributed by atoms with E-state index in [2.05, 4.69) is 38.4 Å². The smallest absolute Gasteiger partial charge is 0.270 e. The molecule has 0 spiro atoms. The van der Waals surface area contributed by atoms with Crippen LogP contribution in [-0.2, 0) is 0 Å². The summed E-state index contributed by atoms with van der Waals surface area (Å²) in [4.78, 5) is 23.1. The molecule has 7 heteroatoms. The van der Waals surface area contributed by atoms with E-state index >= 15 is 0 Å². The first-order valence-electron chi connectivity index (χ1n) is 7.94. The van der Waals surface area contributed by atoms with E-state index in [1.54, 1.807) is 12.3 Å². The molecule has 3 rings (SSSR count). The standard InChI is InChI=1S/C16H21N5OS/c1-11(2)14-19-16(23-20-14)21-9-6-12(7-10-21)18-15(22)13-5-3-4-8-17-13/h3-5,8,11-12H,6-7,9-10H2,1-2H3,(H,18,22). The van der Waals surface area contributed by atoms with E-state index < -0.39 is 0 Å². The van der Waals surface area contributed by atoms with Crippen LogP contribution < -0.4 is 10.2 Å². The van der Waals surface area contributed by atoms with Crippen molar-refractivity contribution in [1.29, 1.82) is 0 Å². The second-order valence-corrected chi connectivity index (χ2v) is 6.77. The summed E-state index contributed by atoms with van der Waals surface area (Å²) in [6.07, 6.45) is 3.46. The molecule has 0 aliphatic carbocycles. The van der Waals surface area contributed by atoms with Crippen molar-refractivity contribution in [3.8, 4) is 0 Å². The van der Waals surface area contributed by atoms with Crippen LogP contribution in [-0.4, -0.2) is 39.4 Å². The van der Waals surface area contributed by atoms with Crippen LogP contribution >= 0.6 is 11.5 Å². The first kappa shape index (κ1) is 15.9. The predicted octanol–water partition coefficient (Wildman–Crippen LogP) is 2.46. The Balaban J connectivity index is 1.53. The van der Waals surface area contributed by atoms with Crippen molar-refractivity contribution >= 4 is 22.6 Å². The Morgan fingerprint density at radius 3 is 2.74 bits per heavy atom. The number of hydrogen-bond donors (Lipinski definition) is 1. The fourth-order valence-corrected chi connectivity index (χ4v) is 3.42. The van der Waals surface area contributed by atoms with Gasteiger partial charge in [0.05, 0.1) is 0 Å². The Labute approximate surface area is 140 Å². The minimum Gasteiger partial charge on any atom is -0.348 e. The minimum atomic E-state index is -0.0953. The number of rotatable bonds is 4. The average Bonchev–Trinajstić information content (AvgIpc) is 3.07. The molecule has 2 aromatic rings. The minimum absolute atomic E-state index is 0.0953. The molecule has 0 aromatic carbocycles. The number of pyridine rings is 1. The van der Waals surface area contributed by atoms with Crippen LogP contribution in [0, 0.1) is 0 Å². The van der Waals surface area contributed by atoms with Gasteiger partial charge in [-0.1, -0.05) is 19.9 Å². The summed E-state index contributed by atoms with van der Waals surface area (Å²) in [5, 5.41) is 4.06. The number of carbonyl (C=O) groups is 1. The van der Waals surface area contributed by atoms with Gasteiger partial charge in [-0.25, -0.2) is 4.98 Å². The van der Waals surface area contributed by atoms with Gasteiger partial charge in [-0.05, 0) is 25.0 Å². The van der Waals surface area contributed by atoms with Crippen LogP contribution in [0.15, 0.2) is 24.4 Å². The average molecular weight is 331 g/mol. The first-order chi connectivity index (χ1) is 11.1. The van der Waals surface area contributed by atoms with E-state index in [1.807, 2.05) is 12.1 Å². The van der Waals surface area contributed by atoms with E-state index in [0.717, 1.165) is 36.9 Å². The third-order valence-electron chi connectivity index (χ3n) is 3.95. The highest BCUT2D eigenvalue weighted by atomic mass is 32.1. The lowest BCUT2D eigenvalue weighted by atomic mass is 10.1. The molecule has 1 N–H and O–H groups in total. The molecule has 6 nitrogen and oxygen atoms in total. The summed E-state index contributed by atoms with van der Waals surface area (Å²) in [6, 6.07) is 5.56. The molecule has 1 saturated heterocycles. The second kappa shape index (κ2) is 7.04. The summed E-state index contributed by atoms with van der Waals surface area (Å²) in [5.74, 6) is 1.17. The Hall–Kier alpha value is -2.02. The Morgan fingerprint density at radius 1 is 1.35 bits per heavy atom. The van der Waals surface area contributed by atoms with Crippen LogP contribution in [0.5, 0.6) is 0 Å². The largest absolute Gasteiger partial charge is 0.348 e. The number of piperidine rings is 1. The van der Waals surface area contributed by atoms with Crippen molar-refractivity contribution in [2.24, 2.45) is 0 Å². The van der Waals surface area contributed by atoms with E-state index in [-0.39, 0.29) is 11.9 Å². The van der Waals surface area contributed by atoms with Gasteiger partial charge in [0, 0.05) is 42.8 Å². The zero-order valence-electron chi connectivity index (χ0n) is 13.4. The number of anilines is 1. The molecule has 0 unspecified atom stereocenters. The van der Waals surface area contributed by atoms with Gasteiger partial charge in [-0.15, -0.1) is 0 Å². The van der Waals surface area contributed by atoms with Crippen LogP contribution in [0.4, 0.5) is 5.13 Å². The summed E-state index contributed by atoms with van der Waals surface area (Å²) < 4.78 is 4.41. The van der Waals surface area contributed by atoms with Crippen molar-refractivity contribution in [2.75, 3.05) is 18.0 Å². The van der Waals surface area contributed by atoms with Gasteiger partial charge in [-0.3, -0.25) is 9.78 Å². The van der Waals surface area contributed by atoms with Gasteiger partial charge in [0.2, 0.25) is 5.13 Å². The highest BCUT2D eigenvalue weighted by Crippen LogP contribution is 2.24. The number of nitrogens with zero attached hydrogens (tertiary/aromatic N) is 4. The number of aromatic nitrogens is 3. The van der Waals surface area contributed by atoms with E-state index in [4.69, 9.17) is 0 Å². The predicted molar refractivity (Wildman–Crippen MR) is 90.9 cm³/mol. The number of nitrogens with one attached hydrogen (secondary N) is 1. The number of carbonyl (C=O) groups excluding carboxylic acids is 1. The maximum atomic E-state index is 12.1. The van der Waals surface area contributed by atoms with Gasteiger partial charge in [-0.2, -0.15) is 4.37 Å². The Bertz CT molecular complexity index is 650. The molecule has 3 heterocycles. The van der Waals surface area contributed by atoms with Crippen molar-refractivity contribution in [2.45, 2.75) is 38.6 Å². The molecule has 0 saturated carbocycles. The van der Waals surface area contributed by atoms with Crippen molar-refractivity contribution in [1.82, 2.24) is 19.7 Å². The van der Waals surface area contributed by atoms with Crippen LogP contribution in [0.3, 0.4) is 0 Å². The van der Waals surface area contributed by atoms with Crippen molar-refractivity contribution in [3.63, 3.8) is 0 Å². The molecule has 2 aromatic heterocycles. The molecule has 122 valence electrons. The number of hydrogen-bond acceptors (Lipinski definition) is 6. The van der Waals surface area contributed by atoms with Crippen molar-refractivity contribution in [3.05, 3.63) is 35.9 Å². The summed E-state index contributed by atoms with van der Waals surface area (Å²) in [5.41, 5.74) is 0.473. The zero-order valence-corrected chi connectivity index (χ0v) is 14.2. The molecular weight excluding hydrogens is 310 g/mol. The lowest BCUT2D eigenvalue weighted by molar-refractivity contribution is 0.0926. The van der Waals surface area contributed by atoms with Crippen molar-refractivity contribution < 1.29 is 4.79 Å². The fourth-order valence-electron chi connectivity index (χ4n) is 2.56. The quantitative estimate of drug-likeness (QED) is 0.932. The number of amides is 1. The summed E-state index contributed by atoms with van der Waals surface area (Å²) in [6.45, 7) is 5.98. The SMILES string of the molecule is CC(C)c1nsc(N2CCC(NC(=O)c3ccccn3)CC2)n1. The second-order valence-electron chi connectivity index (χ2n) is 6.04. The highest BCUT2D eigenvalue weighted by molar-refractivity contribution is 7.09. The van der Waals surface area contributed by atoms with E-state index in [9.17, 15) is 4.79 Å². The molecule has 1 aliphatic heterocycles. The topological polar surface area (TPSA) is 71.0 Å². The van der Waals surface area contributed by atoms with Gasteiger partial charge in [0.15, 0.2) is 0 Å². The molecule has 0 atom stereocenters. The summed E-state index contributed by atoms with van der Waals surface area (Å²) >= 11 is 1.46. The van der Waals surface area contributed by atoms with Crippen LogP contribution in [0.25, 0.3) is 0 Å². The zero-order chi connectivity index (χ0) is 16.2. The third kappa shape index (κ3) is 3.85. The van der Waals surface area contributed by atoms with Crippen LogP contribution in [0.2, 0.25) is 0 Å². The van der Waals surface area contributed by atoms with Crippen LogP contribution in [0.1, 0.15) is 48.9 Å². The lowest BCUT2D eigenvalue weighted by Crippen LogP contribution is -2.44. The van der Waals surface area contributed by atoms with E-state index in [0.29, 0.717) is 11.6 Å². The molecule has 1 fully saturated rings. The maximum absolute atomic E-state index is 12.1. The lowest BCUT2D eigenvalue weighted by Gasteiger charge is -2.31. The highest BCUT2D eigenvalue weighted by Gasteiger charge is 2.23. The Morgan fingerprint density at radius 2 is 2.13 bits per heavy atom. The molecule has 1 amide bonds. The van der Waals surface area contributed by atoms with Gasteiger partial charge < -0.3 is 10.2 Å². The normalized spacial score (nSPS) is 15.9. The third-order valence-corrected chi connectivity index (χ3v) is 4.74. The monoisotopic (exact) mass is 331 g/mol. The molecule has 0 bridgehead atoms. The molecular formula is C16H21N5OS. The van der Waals surface area contributed by atoms with Gasteiger partial charge in [0.25, 0.3) is 5.91 Å². The first-order valence-corrected chi connectivity index (χ1v) is 8.71. The molecule has 1 aliphatic rings. The van der Waals surface area contributed by atoms with Gasteiger partial charge in [0.1, 0.15) is 11.5 Å². The molecule has 0 radical (unpaired) electrons. The Kier molecular flexibility index (Phi) is 4.85. The molecule has 23 heavy (non-hydrogen) atoms. The fraction of sp³-hybridized carbons (Fsp3) is 0.500. The van der Waals surface area contributed by atoms with Gasteiger partial charge >= 0.3 is 0 Å². The van der Waals surface area contributed by atoms with E-state index in [1.165, 1.54) is 11.5 Å².